The van der Waals surface area contributed by atoms with Crippen LogP contribution in [-0.2, 0) is 65.4 Å². The minimum absolute atomic E-state index is 0.105. The molecule has 11 rings (SSSR count). The summed E-state index contributed by atoms with van der Waals surface area (Å²) in [5.41, 5.74) is -0.589. The van der Waals surface area contributed by atoms with Crippen LogP contribution in [0.3, 0.4) is 0 Å². The summed E-state index contributed by atoms with van der Waals surface area (Å²) in [6.07, 6.45) is 0.561. The summed E-state index contributed by atoms with van der Waals surface area (Å²) in [4.78, 5) is 93.8. The first-order valence-electron chi connectivity index (χ1n) is 23.8. The summed E-state index contributed by atoms with van der Waals surface area (Å²) >= 11 is 0. The van der Waals surface area contributed by atoms with Crippen molar-refractivity contribution in [1.82, 2.24) is 0 Å². The molecule has 6 aliphatic carbocycles. The van der Waals surface area contributed by atoms with Crippen LogP contribution in [0.25, 0.3) is 0 Å². The molecule has 25 nitrogen and oxygen atoms in total. The number of allylic oxidation sites excluding steroid dienone is 3. The molecule has 4 aromatic carbocycles. The Kier molecular flexibility index (Phi) is 13.7. The van der Waals surface area contributed by atoms with E-state index in [0.29, 0.717) is 12.2 Å². The largest absolute Gasteiger partial charge is 0.504 e. The number of benzene rings is 4. The number of hydrogen-bond acceptors (Lipinski definition) is 21. The number of aliphatic carboxylic acids is 4. The van der Waals surface area contributed by atoms with E-state index in [0.717, 1.165) is 72.8 Å². The molecule has 0 radical (unpaired) electrons. The molecule has 25 heteroatoms. The summed E-state index contributed by atoms with van der Waals surface area (Å²) in [7, 11) is 0. The third-order valence-corrected chi connectivity index (χ3v) is 14.9. The van der Waals surface area contributed by atoms with Gasteiger partial charge in [-0.2, -0.15) is 0 Å². The molecule has 79 heavy (non-hydrogen) atoms. The van der Waals surface area contributed by atoms with Crippen LogP contribution in [0.15, 0.2) is 120 Å². The Morgan fingerprint density at radius 2 is 0.924 bits per heavy atom. The van der Waals surface area contributed by atoms with Crippen LogP contribution in [-0.4, -0.2) is 143 Å². The Hall–Kier alpha value is -9.43. The van der Waals surface area contributed by atoms with Crippen molar-refractivity contribution in [2.45, 2.75) is 54.2 Å². The van der Waals surface area contributed by atoms with Gasteiger partial charge in [0.15, 0.2) is 46.0 Å². The highest BCUT2D eigenvalue weighted by molar-refractivity contribution is 5.99. The average Bonchev–Trinajstić information content (AvgIpc) is 2.18. The van der Waals surface area contributed by atoms with Crippen molar-refractivity contribution in [3.05, 3.63) is 143 Å². The predicted molar refractivity (Wildman–Crippen MR) is 257 cm³/mol. The number of carbonyl (C=O) groups excluding carboxylic acids is 3. The highest BCUT2D eigenvalue weighted by Gasteiger charge is 2.84. The van der Waals surface area contributed by atoms with Crippen molar-refractivity contribution in [1.29, 1.82) is 0 Å². The molecule has 14 N–H and O–H groups in total. The number of rotatable bonds is 16. The van der Waals surface area contributed by atoms with Crippen LogP contribution >= 0.6 is 0 Å². The van der Waals surface area contributed by atoms with Crippen molar-refractivity contribution in [2.24, 2.45) is 35.5 Å². The quantitative estimate of drug-likeness (QED) is 0.0434. The van der Waals surface area contributed by atoms with Gasteiger partial charge in [0.05, 0.1) is 23.7 Å². The van der Waals surface area contributed by atoms with E-state index in [1.165, 1.54) is 24.3 Å². The number of fused-ring (bicyclic) bond motifs is 2. The molecule has 0 amide bonds. The Morgan fingerprint density at radius 1 is 0.519 bits per heavy atom. The lowest BCUT2D eigenvalue weighted by atomic mass is 9.52. The zero-order chi connectivity index (χ0) is 57.4. The second-order valence-electron chi connectivity index (χ2n) is 19.5. The molecule has 13 atom stereocenters. The van der Waals surface area contributed by atoms with Gasteiger partial charge in [-0.15, -0.1) is 0 Å². The van der Waals surface area contributed by atoms with Gasteiger partial charge in [-0.3, -0.25) is 14.4 Å². The summed E-state index contributed by atoms with van der Waals surface area (Å²) in [5.74, 6) is -40.7. The molecule has 7 aliphatic rings. The SMILES string of the molecule is O=C(/C=C/C1=C[C@@H]2[C@H](c3ccc(O)c(O)c3)[C@@H](C(=O)O)[C@H]1C(=O)[C@@]21O[C@@]2(O)[C@H]3C(/C=C/C(=O)O[C@H](Cc4ccc(O)c(O)c4)C(=O)O)=C[C@H]([C@H](c4ccc(O)c(O)c4)[C@H]3C(=O)O)[C@@]2(O)O1)O[C@H](Cc1ccc(O)c(O)c1)C(=O)O. The van der Waals surface area contributed by atoms with Gasteiger partial charge >= 0.3 is 35.8 Å². The van der Waals surface area contributed by atoms with Crippen LogP contribution in [0.2, 0.25) is 0 Å². The Morgan fingerprint density at radius 3 is 1.35 bits per heavy atom. The number of aromatic hydroxyl groups is 8. The standard InChI is InChI=1S/C54H46O25/c55-29-7-1-21(13-33(29)59)15-37(48(66)67)76-39(63)11-5-23-17-27-41(24-3-9-31(57)35(61)19-24)44(50(70)71)43(23)47(65)52(27)78-53(74)28-18-26(6-12-40(64)77-38(49(68)69)16-22-2-8-30(56)34(60)14-22)46(54(53,75)79-52)45(51(72)73)42(28)25-4-10-32(58)36(62)20-25/h1-14,17-20,27-28,37-38,41-46,55-62,74-75H,15-16H2,(H,66,67)(H,68,69)(H,70,71)(H,72,73)/b11-5+,12-6+/t27-,28-,37-,38-,41+,42+,43+,44-,45-,46+,52+,53-,54+/m1/s1. The van der Waals surface area contributed by atoms with Crippen molar-refractivity contribution >= 4 is 41.6 Å². The van der Waals surface area contributed by atoms with Crippen molar-refractivity contribution in [3.63, 3.8) is 0 Å². The zero-order valence-corrected chi connectivity index (χ0v) is 40.3. The van der Waals surface area contributed by atoms with E-state index in [4.69, 9.17) is 18.9 Å². The number of ether oxygens (including phenoxy) is 4. The number of carboxylic acid groups (broad SMARTS) is 4. The van der Waals surface area contributed by atoms with Gasteiger partial charge in [0.2, 0.25) is 35.4 Å². The van der Waals surface area contributed by atoms with Gasteiger partial charge in [-0.1, -0.05) is 48.6 Å². The fraction of sp³-hybridized carbons (Fsp3) is 0.278. The Bertz CT molecular complexity index is 3390. The van der Waals surface area contributed by atoms with Gasteiger partial charge in [0, 0.05) is 48.7 Å². The number of aliphatic hydroxyl groups is 2. The minimum atomic E-state index is -3.42. The first-order chi connectivity index (χ1) is 37.2. The number of ketones is 1. The van der Waals surface area contributed by atoms with E-state index < -0.39 is 177 Å². The number of phenols is 8. The Balaban J connectivity index is 1.13. The number of phenolic OH excluding ortho intramolecular Hbond substituents is 8. The maximum absolute atomic E-state index is 15.5. The summed E-state index contributed by atoms with van der Waals surface area (Å²) in [6.45, 7) is 0. The molecule has 4 bridgehead atoms. The van der Waals surface area contributed by atoms with E-state index in [-0.39, 0.29) is 33.4 Å². The molecule has 2 saturated carbocycles. The zero-order valence-electron chi connectivity index (χ0n) is 40.3. The van der Waals surface area contributed by atoms with E-state index in [2.05, 4.69) is 0 Å². The van der Waals surface area contributed by atoms with E-state index >= 15 is 4.79 Å². The van der Waals surface area contributed by atoms with Crippen molar-refractivity contribution in [2.75, 3.05) is 0 Å². The maximum atomic E-state index is 15.5. The van der Waals surface area contributed by atoms with Crippen molar-refractivity contribution < 1.29 is 124 Å². The molecule has 412 valence electrons. The van der Waals surface area contributed by atoms with Crippen LogP contribution in [0.1, 0.15) is 34.1 Å². The lowest BCUT2D eigenvalue weighted by molar-refractivity contribution is -0.357. The lowest BCUT2D eigenvalue weighted by Gasteiger charge is -2.57. The normalized spacial score (nSPS) is 29.2. The summed E-state index contributed by atoms with van der Waals surface area (Å²) < 4.78 is 23.1. The molecule has 4 aromatic rings. The summed E-state index contributed by atoms with van der Waals surface area (Å²) in [6, 6.07) is 12.9. The van der Waals surface area contributed by atoms with Crippen molar-refractivity contribution in [3.8, 4) is 46.0 Å². The molecule has 0 unspecified atom stereocenters. The summed E-state index contributed by atoms with van der Waals surface area (Å²) in [5, 5.41) is 149. The van der Waals surface area contributed by atoms with Crippen LogP contribution < -0.4 is 0 Å². The Labute approximate surface area is 442 Å². The highest BCUT2D eigenvalue weighted by atomic mass is 16.9. The van der Waals surface area contributed by atoms with Gasteiger partial charge in [-0.05, 0) is 81.9 Å². The molecule has 1 aliphatic heterocycles. The highest BCUT2D eigenvalue weighted by Crippen LogP contribution is 2.70. The van der Waals surface area contributed by atoms with Crippen LogP contribution in [0.4, 0.5) is 0 Å². The van der Waals surface area contributed by atoms with E-state index in [1.807, 2.05) is 0 Å². The van der Waals surface area contributed by atoms with E-state index in [9.17, 15) is 100 Å². The molecule has 0 aromatic heterocycles. The van der Waals surface area contributed by atoms with Gasteiger partial charge in [0.1, 0.15) is 0 Å². The topological polar surface area (TPSA) is 440 Å². The van der Waals surface area contributed by atoms with E-state index in [1.54, 1.807) is 0 Å². The fourth-order valence-corrected chi connectivity index (χ4v) is 11.5. The minimum Gasteiger partial charge on any atom is -0.504 e. The first kappa shape index (κ1) is 54.4. The third kappa shape index (κ3) is 9.22. The van der Waals surface area contributed by atoms with Gasteiger partial charge < -0.3 is 90.4 Å². The number of carboxylic acids is 4. The fourth-order valence-electron chi connectivity index (χ4n) is 11.5. The first-order valence-corrected chi connectivity index (χ1v) is 23.8. The molecular formula is C54H46O25. The van der Waals surface area contributed by atoms with Gasteiger partial charge in [0.25, 0.3) is 0 Å². The maximum Gasteiger partial charge on any atom is 0.345 e. The number of hydrogen-bond donors (Lipinski definition) is 14. The molecule has 3 fully saturated rings. The second-order valence-corrected chi connectivity index (χ2v) is 19.5. The lowest BCUT2D eigenvalue weighted by Crippen LogP contribution is -2.71. The smallest absolute Gasteiger partial charge is 0.345 e. The molecule has 1 heterocycles. The number of esters is 2. The molecule has 1 spiro atoms. The van der Waals surface area contributed by atoms with Crippen LogP contribution in [0.5, 0.6) is 46.0 Å². The molecule has 1 saturated heterocycles. The third-order valence-electron chi connectivity index (χ3n) is 14.9. The second kappa shape index (κ2) is 19.9. The predicted octanol–water partition coefficient (Wildman–Crippen LogP) is 2.25. The monoisotopic (exact) mass is 1090 g/mol. The molecular weight excluding hydrogens is 1050 g/mol. The number of Topliss-reactive ketones (excluding diaryl/α,β-unsaturated/α-hetero) is 1. The number of carbonyl (C=O) groups is 7. The average molecular weight is 1090 g/mol. The van der Waals surface area contributed by atoms with Crippen LogP contribution in [0, 0.1) is 35.5 Å². The van der Waals surface area contributed by atoms with Gasteiger partial charge in [-0.25, -0.2) is 19.2 Å².